The van der Waals surface area contributed by atoms with Gasteiger partial charge in [0.25, 0.3) is 5.91 Å². The Bertz CT molecular complexity index is 836. The fourth-order valence-corrected chi connectivity index (χ4v) is 2.28. The van der Waals surface area contributed by atoms with Gasteiger partial charge in [-0.05, 0) is 42.3 Å². The van der Waals surface area contributed by atoms with E-state index in [0.717, 1.165) is 6.07 Å². The van der Waals surface area contributed by atoms with Crippen LogP contribution in [0.4, 0.5) is 4.39 Å². The second-order valence-corrected chi connectivity index (χ2v) is 4.88. The lowest BCUT2D eigenvalue weighted by molar-refractivity contribution is 0.0974. The molecule has 0 bridgehead atoms. The maximum absolute atomic E-state index is 13.7. The summed E-state index contributed by atoms with van der Waals surface area (Å²) in [6.45, 7) is 1.66. The van der Waals surface area contributed by atoms with Crippen LogP contribution in [0.1, 0.15) is 21.5 Å². The molecule has 23 heavy (non-hydrogen) atoms. The molecule has 0 unspecified atom stereocenters. The van der Waals surface area contributed by atoms with Crippen molar-refractivity contribution < 1.29 is 14.3 Å². The van der Waals surface area contributed by atoms with Gasteiger partial charge in [0.1, 0.15) is 11.6 Å². The Balaban J connectivity index is 2.79. The molecule has 0 saturated carbocycles. The first-order valence-electron chi connectivity index (χ1n) is 6.52. The molecule has 0 fully saturated rings. The van der Waals surface area contributed by atoms with Crippen molar-refractivity contribution in [2.45, 2.75) is 6.92 Å². The van der Waals surface area contributed by atoms with E-state index in [-0.39, 0.29) is 22.3 Å². The van der Waals surface area contributed by atoms with E-state index in [1.54, 1.807) is 13.0 Å². The number of hydrogen-bond acceptors (Lipinski definition) is 4. The Morgan fingerprint density at radius 3 is 2.65 bits per heavy atom. The number of aromatic hydroxyl groups is 1. The number of benzene rings is 2. The highest BCUT2D eigenvalue weighted by atomic mass is 19.1. The molecule has 6 nitrogen and oxygen atoms in total. The van der Waals surface area contributed by atoms with Gasteiger partial charge >= 0.3 is 0 Å². The summed E-state index contributed by atoms with van der Waals surface area (Å²) in [6.07, 6.45) is 0. The van der Waals surface area contributed by atoms with Crippen LogP contribution in [0.2, 0.25) is 0 Å². The molecule has 0 aliphatic heterocycles. The number of hydrogen-bond donors (Lipinski definition) is 4. The lowest BCUT2D eigenvalue weighted by Crippen LogP contribution is -2.36. The lowest BCUT2D eigenvalue weighted by atomic mass is 9.92. The monoisotopic (exact) mass is 312 g/mol. The van der Waals surface area contributed by atoms with Crippen LogP contribution in [0.3, 0.4) is 0 Å². The molecular weight excluding hydrogens is 299 g/mol. The van der Waals surface area contributed by atoms with Crippen molar-refractivity contribution in [3.63, 3.8) is 0 Å². The minimum atomic E-state index is -0.857. The SMILES string of the molecule is Cc1cc(F)cc(-c2c(C#N)ccc(O)c2C(=O)NC(=N)N)c1. The van der Waals surface area contributed by atoms with Gasteiger partial charge in [-0.25, -0.2) is 4.39 Å². The van der Waals surface area contributed by atoms with Gasteiger partial charge in [-0.15, -0.1) is 0 Å². The average Bonchev–Trinajstić information content (AvgIpc) is 2.44. The summed E-state index contributed by atoms with van der Waals surface area (Å²) in [5.41, 5.74) is 5.90. The summed E-state index contributed by atoms with van der Waals surface area (Å²) in [4.78, 5) is 12.2. The highest BCUT2D eigenvalue weighted by molar-refractivity contribution is 6.10. The summed E-state index contributed by atoms with van der Waals surface area (Å²) in [5, 5.41) is 28.5. The third-order valence-electron chi connectivity index (χ3n) is 3.11. The van der Waals surface area contributed by atoms with E-state index in [0.29, 0.717) is 5.56 Å². The predicted molar refractivity (Wildman–Crippen MR) is 82.3 cm³/mol. The molecule has 0 saturated heterocycles. The second kappa shape index (κ2) is 6.15. The van der Waals surface area contributed by atoms with E-state index in [2.05, 4.69) is 0 Å². The number of rotatable bonds is 2. The van der Waals surface area contributed by atoms with Gasteiger partial charge in [-0.1, -0.05) is 6.07 Å². The zero-order valence-electron chi connectivity index (χ0n) is 12.1. The third-order valence-corrected chi connectivity index (χ3v) is 3.11. The number of nitrogens with two attached hydrogens (primary N) is 1. The highest BCUT2D eigenvalue weighted by Crippen LogP contribution is 2.34. The molecule has 2 aromatic carbocycles. The van der Waals surface area contributed by atoms with Gasteiger partial charge in [-0.3, -0.25) is 15.5 Å². The summed E-state index contributed by atoms with van der Waals surface area (Å²) in [7, 11) is 0. The lowest BCUT2D eigenvalue weighted by Gasteiger charge is -2.14. The maximum Gasteiger partial charge on any atom is 0.262 e. The molecular formula is C16H13FN4O2. The smallest absolute Gasteiger partial charge is 0.262 e. The standard InChI is InChI=1S/C16H13FN4O2/c1-8-4-10(6-11(17)5-8)13-9(7-18)2-3-12(22)14(13)15(23)21-16(19)20/h2-6,22H,1H3,(H4,19,20,21,23). The van der Waals surface area contributed by atoms with Crippen molar-refractivity contribution in [3.8, 4) is 22.9 Å². The van der Waals surface area contributed by atoms with Crippen LogP contribution < -0.4 is 11.1 Å². The number of carbonyl (C=O) groups is 1. The Labute approximate surface area is 131 Å². The number of phenols is 1. The number of nitrogens with zero attached hydrogens (tertiary/aromatic N) is 1. The largest absolute Gasteiger partial charge is 0.507 e. The quantitative estimate of drug-likeness (QED) is 0.500. The van der Waals surface area contributed by atoms with Crippen molar-refractivity contribution in [3.05, 3.63) is 52.8 Å². The number of carbonyl (C=O) groups excluding carboxylic acids is 1. The van der Waals surface area contributed by atoms with Gasteiger partial charge in [-0.2, -0.15) is 5.26 Å². The van der Waals surface area contributed by atoms with Crippen molar-refractivity contribution >= 4 is 11.9 Å². The van der Waals surface area contributed by atoms with E-state index < -0.39 is 23.4 Å². The predicted octanol–water partition coefficient (Wildman–Crippen LogP) is 2.00. The molecule has 2 aromatic rings. The Morgan fingerprint density at radius 2 is 2.09 bits per heavy atom. The molecule has 0 spiro atoms. The van der Waals surface area contributed by atoms with E-state index in [4.69, 9.17) is 11.1 Å². The average molecular weight is 312 g/mol. The molecule has 5 N–H and O–H groups in total. The highest BCUT2D eigenvalue weighted by Gasteiger charge is 2.22. The normalized spacial score (nSPS) is 9.96. The fourth-order valence-electron chi connectivity index (χ4n) is 2.28. The number of guanidine groups is 1. The number of halogens is 1. The molecule has 2 rings (SSSR count). The van der Waals surface area contributed by atoms with E-state index in [1.165, 1.54) is 18.2 Å². The van der Waals surface area contributed by atoms with Crippen LogP contribution in [-0.2, 0) is 0 Å². The molecule has 0 heterocycles. The van der Waals surface area contributed by atoms with Crippen molar-refractivity contribution in [2.75, 3.05) is 0 Å². The molecule has 0 aliphatic carbocycles. The van der Waals surface area contributed by atoms with Crippen LogP contribution in [0.5, 0.6) is 5.75 Å². The van der Waals surface area contributed by atoms with E-state index >= 15 is 0 Å². The van der Waals surface area contributed by atoms with Crippen molar-refractivity contribution in [1.82, 2.24) is 5.32 Å². The van der Waals surface area contributed by atoms with Crippen LogP contribution in [-0.4, -0.2) is 17.0 Å². The Hall–Kier alpha value is -3.40. The first kappa shape index (κ1) is 16.0. The van der Waals surface area contributed by atoms with Gasteiger partial charge in [0, 0.05) is 5.56 Å². The molecule has 0 aromatic heterocycles. The van der Waals surface area contributed by atoms with Crippen LogP contribution in [0.15, 0.2) is 30.3 Å². The fraction of sp³-hybridized carbons (Fsp3) is 0.0625. The molecule has 0 aliphatic rings. The van der Waals surface area contributed by atoms with Gasteiger partial charge in [0.2, 0.25) is 0 Å². The first-order valence-corrected chi connectivity index (χ1v) is 6.52. The first-order chi connectivity index (χ1) is 10.8. The van der Waals surface area contributed by atoms with Crippen LogP contribution in [0.25, 0.3) is 11.1 Å². The zero-order chi connectivity index (χ0) is 17.1. The Morgan fingerprint density at radius 1 is 1.39 bits per heavy atom. The van der Waals surface area contributed by atoms with Gasteiger partial charge in [0.15, 0.2) is 5.96 Å². The maximum atomic E-state index is 13.7. The molecule has 116 valence electrons. The molecule has 7 heteroatoms. The number of amides is 1. The summed E-state index contributed by atoms with van der Waals surface area (Å²) >= 11 is 0. The number of nitriles is 1. The molecule has 0 radical (unpaired) electrons. The van der Waals surface area contributed by atoms with Crippen molar-refractivity contribution in [2.24, 2.45) is 5.73 Å². The van der Waals surface area contributed by atoms with Gasteiger partial charge < -0.3 is 10.8 Å². The number of aryl methyl sites for hydroxylation is 1. The van der Waals surface area contributed by atoms with E-state index in [1.807, 2.05) is 11.4 Å². The number of phenolic OH excluding ortho intramolecular Hbond substituents is 1. The second-order valence-electron chi connectivity index (χ2n) is 4.88. The molecule has 1 amide bonds. The third kappa shape index (κ3) is 3.27. The topological polar surface area (TPSA) is 123 Å². The van der Waals surface area contributed by atoms with Crippen LogP contribution in [0, 0.1) is 29.5 Å². The minimum Gasteiger partial charge on any atom is -0.507 e. The van der Waals surface area contributed by atoms with Crippen molar-refractivity contribution in [1.29, 1.82) is 10.7 Å². The summed E-state index contributed by atoms with van der Waals surface area (Å²) in [6, 6.07) is 8.47. The molecule has 0 atom stereocenters. The zero-order valence-corrected chi connectivity index (χ0v) is 12.1. The minimum absolute atomic E-state index is 0.0776. The number of nitrogens with one attached hydrogen (secondary N) is 2. The summed E-state index contributed by atoms with van der Waals surface area (Å²) < 4.78 is 13.7. The summed E-state index contributed by atoms with van der Waals surface area (Å²) in [5.74, 6) is -2.41. The van der Waals surface area contributed by atoms with E-state index in [9.17, 15) is 19.6 Å². The van der Waals surface area contributed by atoms with Gasteiger partial charge in [0.05, 0.1) is 17.2 Å². The van der Waals surface area contributed by atoms with Crippen LogP contribution >= 0.6 is 0 Å². The Kier molecular flexibility index (Phi) is 4.27.